The maximum Gasteiger partial charge on any atom is 0.232 e. The summed E-state index contributed by atoms with van der Waals surface area (Å²) in [5.74, 6) is -0.347. The fourth-order valence-electron chi connectivity index (χ4n) is 3.60. The molecule has 0 N–H and O–H groups in total. The Hall–Kier alpha value is -3.14. The summed E-state index contributed by atoms with van der Waals surface area (Å²) in [5.41, 5.74) is 1.72. The zero-order chi connectivity index (χ0) is 18.1. The zero-order valence-corrected chi connectivity index (χ0v) is 14.6. The van der Waals surface area contributed by atoms with Gasteiger partial charge in [-0.1, -0.05) is 54.6 Å². The van der Waals surface area contributed by atoms with Gasteiger partial charge in [-0.25, -0.2) is 0 Å². The minimum atomic E-state index is -0.327. The number of benzene rings is 3. The first-order chi connectivity index (χ1) is 12.6. The van der Waals surface area contributed by atoms with Crippen molar-refractivity contribution in [3.63, 3.8) is 0 Å². The molecule has 3 aromatic carbocycles. The van der Waals surface area contributed by atoms with Gasteiger partial charge in [0.2, 0.25) is 11.8 Å². The van der Waals surface area contributed by atoms with Crippen LogP contribution < -0.4 is 9.80 Å². The Balaban J connectivity index is 1.60. The number of hydrogen-bond acceptors (Lipinski definition) is 2. The highest BCUT2D eigenvalue weighted by molar-refractivity contribution is 6.08. The van der Waals surface area contributed by atoms with Crippen molar-refractivity contribution in [1.82, 2.24) is 0 Å². The molecule has 2 amide bonds. The average Bonchev–Trinajstić information content (AvgIpc) is 3.08. The van der Waals surface area contributed by atoms with E-state index in [2.05, 4.69) is 0 Å². The fraction of sp³-hybridized carbons (Fsp3) is 0.182. The molecule has 1 heterocycles. The van der Waals surface area contributed by atoms with Crippen LogP contribution in [0.2, 0.25) is 0 Å². The Morgan fingerprint density at radius 2 is 1.65 bits per heavy atom. The van der Waals surface area contributed by atoms with Gasteiger partial charge < -0.3 is 9.80 Å². The summed E-state index contributed by atoms with van der Waals surface area (Å²) in [6.45, 7) is 0.419. The highest BCUT2D eigenvalue weighted by Gasteiger charge is 2.37. The molecule has 130 valence electrons. The molecular formula is C22H20N2O2. The zero-order valence-electron chi connectivity index (χ0n) is 14.6. The second-order valence-electron chi connectivity index (χ2n) is 6.64. The molecule has 3 aromatic rings. The number of para-hydroxylation sites is 1. The minimum Gasteiger partial charge on any atom is -0.315 e. The molecule has 1 saturated heterocycles. The summed E-state index contributed by atoms with van der Waals surface area (Å²) in [7, 11) is 1.77. The van der Waals surface area contributed by atoms with Crippen LogP contribution in [0.25, 0.3) is 10.8 Å². The van der Waals surface area contributed by atoms with E-state index in [1.165, 1.54) is 0 Å². The van der Waals surface area contributed by atoms with Crippen LogP contribution in [0, 0.1) is 5.92 Å². The SMILES string of the molecule is CN(C(=O)C1CC(=O)N(c2cccc3ccccc23)C1)c1ccccc1. The van der Waals surface area contributed by atoms with E-state index >= 15 is 0 Å². The third-order valence-corrected chi connectivity index (χ3v) is 5.01. The van der Waals surface area contributed by atoms with Crippen LogP contribution in [0.3, 0.4) is 0 Å². The summed E-state index contributed by atoms with van der Waals surface area (Å²) in [6.07, 6.45) is 0.249. The van der Waals surface area contributed by atoms with Gasteiger partial charge in [0.1, 0.15) is 0 Å². The average molecular weight is 344 g/mol. The monoisotopic (exact) mass is 344 g/mol. The number of hydrogen-bond donors (Lipinski definition) is 0. The molecule has 0 saturated carbocycles. The third kappa shape index (κ3) is 2.84. The van der Waals surface area contributed by atoms with E-state index < -0.39 is 0 Å². The van der Waals surface area contributed by atoms with E-state index in [0.29, 0.717) is 6.54 Å². The minimum absolute atomic E-state index is 0.00108. The van der Waals surface area contributed by atoms with Gasteiger partial charge >= 0.3 is 0 Å². The lowest BCUT2D eigenvalue weighted by Crippen LogP contribution is -2.34. The Bertz CT molecular complexity index is 963. The first-order valence-electron chi connectivity index (χ1n) is 8.76. The molecule has 1 aliphatic rings. The molecule has 0 aromatic heterocycles. The van der Waals surface area contributed by atoms with Crippen molar-refractivity contribution in [2.45, 2.75) is 6.42 Å². The predicted molar refractivity (Wildman–Crippen MR) is 104 cm³/mol. The van der Waals surface area contributed by atoms with Gasteiger partial charge in [0, 0.05) is 31.1 Å². The van der Waals surface area contributed by atoms with Gasteiger partial charge in [-0.15, -0.1) is 0 Å². The number of nitrogens with zero attached hydrogens (tertiary/aromatic N) is 2. The largest absolute Gasteiger partial charge is 0.315 e. The van der Waals surface area contributed by atoms with Crippen LogP contribution in [0.1, 0.15) is 6.42 Å². The molecule has 0 radical (unpaired) electrons. The van der Waals surface area contributed by atoms with Crippen molar-refractivity contribution in [2.24, 2.45) is 5.92 Å². The molecule has 26 heavy (non-hydrogen) atoms. The molecule has 1 atom stereocenters. The van der Waals surface area contributed by atoms with Gasteiger partial charge in [-0.2, -0.15) is 0 Å². The Kier molecular flexibility index (Phi) is 4.17. The summed E-state index contributed by atoms with van der Waals surface area (Å²) in [5, 5.41) is 2.13. The van der Waals surface area contributed by atoms with E-state index in [4.69, 9.17) is 0 Å². The normalized spacial score (nSPS) is 16.9. The lowest BCUT2D eigenvalue weighted by molar-refractivity contribution is -0.124. The van der Waals surface area contributed by atoms with E-state index in [-0.39, 0.29) is 24.2 Å². The van der Waals surface area contributed by atoms with Crippen molar-refractivity contribution in [2.75, 3.05) is 23.4 Å². The first kappa shape index (κ1) is 16.3. The second kappa shape index (κ2) is 6.64. The van der Waals surface area contributed by atoms with Gasteiger partial charge in [0.15, 0.2) is 0 Å². The van der Waals surface area contributed by atoms with Crippen LogP contribution in [0.15, 0.2) is 72.8 Å². The first-order valence-corrected chi connectivity index (χ1v) is 8.76. The highest BCUT2D eigenvalue weighted by atomic mass is 16.2. The molecule has 0 aliphatic carbocycles. The molecule has 0 bridgehead atoms. The molecule has 1 unspecified atom stereocenters. The Morgan fingerprint density at radius 1 is 0.962 bits per heavy atom. The van der Waals surface area contributed by atoms with E-state index in [9.17, 15) is 9.59 Å². The topological polar surface area (TPSA) is 40.6 Å². The molecule has 4 nitrogen and oxygen atoms in total. The number of rotatable bonds is 3. The molecule has 4 heteroatoms. The number of carbonyl (C=O) groups excluding carboxylic acids is 2. The second-order valence-corrected chi connectivity index (χ2v) is 6.64. The highest BCUT2D eigenvalue weighted by Crippen LogP contribution is 2.32. The van der Waals surface area contributed by atoms with Crippen molar-refractivity contribution < 1.29 is 9.59 Å². The Labute approximate surface area is 152 Å². The molecule has 0 spiro atoms. The van der Waals surface area contributed by atoms with Crippen LogP contribution in [-0.2, 0) is 9.59 Å². The molecular weight excluding hydrogens is 324 g/mol. The lowest BCUT2D eigenvalue weighted by atomic mass is 10.1. The number of amides is 2. The Morgan fingerprint density at radius 3 is 2.46 bits per heavy atom. The van der Waals surface area contributed by atoms with Crippen LogP contribution in [-0.4, -0.2) is 25.4 Å². The van der Waals surface area contributed by atoms with Crippen molar-refractivity contribution in [3.05, 3.63) is 72.8 Å². The smallest absolute Gasteiger partial charge is 0.232 e. The van der Waals surface area contributed by atoms with Crippen molar-refractivity contribution >= 4 is 34.0 Å². The van der Waals surface area contributed by atoms with E-state index in [1.807, 2.05) is 72.8 Å². The lowest BCUT2D eigenvalue weighted by Gasteiger charge is -2.22. The summed E-state index contributed by atoms with van der Waals surface area (Å²) >= 11 is 0. The number of anilines is 2. The third-order valence-electron chi connectivity index (χ3n) is 5.01. The number of fused-ring (bicyclic) bond motifs is 1. The van der Waals surface area contributed by atoms with Crippen molar-refractivity contribution in [1.29, 1.82) is 0 Å². The van der Waals surface area contributed by atoms with Crippen molar-refractivity contribution in [3.8, 4) is 0 Å². The maximum absolute atomic E-state index is 12.9. The summed E-state index contributed by atoms with van der Waals surface area (Å²) < 4.78 is 0. The van der Waals surface area contributed by atoms with Crippen LogP contribution >= 0.6 is 0 Å². The molecule has 4 rings (SSSR count). The quantitative estimate of drug-likeness (QED) is 0.724. The molecule has 1 aliphatic heterocycles. The van der Waals surface area contributed by atoms with Crippen LogP contribution in [0.5, 0.6) is 0 Å². The maximum atomic E-state index is 12.9. The fourth-order valence-corrected chi connectivity index (χ4v) is 3.60. The number of carbonyl (C=O) groups is 2. The summed E-state index contributed by atoms with van der Waals surface area (Å²) in [4.78, 5) is 28.9. The summed E-state index contributed by atoms with van der Waals surface area (Å²) in [6, 6.07) is 23.5. The predicted octanol–water partition coefficient (Wildman–Crippen LogP) is 3.86. The standard InChI is InChI=1S/C22H20N2O2/c1-23(18-10-3-2-4-11-18)22(26)17-14-21(25)24(15-17)20-13-7-9-16-8-5-6-12-19(16)20/h2-13,17H,14-15H2,1H3. The van der Waals surface area contributed by atoms with Crippen LogP contribution in [0.4, 0.5) is 11.4 Å². The van der Waals surface area contributed by atoms with Gasteiger partial charge in [-0.3, -0.25) is 9.59 Å². The van der Waals surface area contributed by atoms with E-state index in [1.54, 1.807) is 16.8 Å². The van der Waals surface area contributed by atoms with Gasteiger partial charge in [0.25, 0.3) is 0 Å². The molecule has 1 fully saturated rings. The van der Waals surface area contributed by atoms with Gasteiger partial charge in [-0.05, 0) is 23.6 Å². The van der Waals surface area contributed by atoms with Gasteiger partial charge in [0.05, 0.1) is 11.6 Å². The van der Waals surface area contributed by atoms with E-state index in [0.717, 1.165) is 22.1 Å².